The van der Waals surface area contributed by atoms with Crippen molar-refractivity contribution >= 4 is 11.0 Å². The van der Waals surface area contributed by atoms with E-state index in [0.29, 0.717) is 5.82 Å². The minimum atomic E-state index is -0.700. The quantitative estimate of drug-likeness (QED) is 0.771. The predicted molar refractivity (Wildman–Crippen MR) is 75.8 cm³/mol. The number of H-pyrrole nitrogens is 1. The lowest BCUT2D eigenvalue weighted by molar-refractivity contribution is 0.630. The Morgan fingerprint density at radius 3 is 2.85 bits per heavy atom. The maximum atomic E-state index is 9.18. The summed E-state index contributed by atoms with van der Waals surface area (Å²) >= 11 is 0. The van der Waals surface area contributed by atoms with Crippen LogP contribution in [0.1, 0.15) is 19.7 Å². The van der Waals surface area contributed by atoms with Crippen molar-refractivity contribution in [3.8, 4) is 17.3 Å². The van der Waals surface area contributed by atoms with Crippen molar-refractivity contribution in [3.63, 3.8) is 0 Å². The highest BCUT2D eigenvalue weighted by Gasteiger charge is 2.23. The van der Waals surface area contributed by atoms with E-state index < -0.39 is 5.41 Å². The Labute approximate surface area is 116 Å². The summed E-state index contributed by atoms with van der Waals surface area (Å²) in [4.78, 5) is 16.0. The van der Waals surface area contributed by atoms with Gasteiger partial charge in [0.05, 0.1) is 29.1 Å². The van der Waals surface area contributed by atoms with Crippen LogP contribution in [0.4, 0.5) is 0 Å². The van der Waals surface area contributed by atoms with Gasteiger partial charge in [-0.25, -0.2) is 15.0 Å². The van der Waals surface area contributed by atoms with Crippen LogP contribution in [-0.4, -0.2) is 19.9 Å². The van der Waals surface area contributed by atoms with E-state index >= 15 is 0 Å². The van der Waals surface area contributed by atoms with E-state index in [2.05, 4.69) is 26.0 Å². The van der Waals surface area contributed by atoms with Crippen LogP contribution in [0.15, 0.2) is 36.8 Å². The molecule has 0 saturated heterocycles. The van der Waals surface area contributed by atoms with Crippen molar-refractivity contribution in [3.05, 3.63) is 42.6 Å². The molecule has 1 aromatic carbocycles. The molecular formula is C15H13N5. The van der Waals surface area contributed by atoms with Gasteiger partial charge >= 0.3 is 0 Å². The number of fused-ring (bicyclic) bond motifs is 1. The topological polar surface area (TPSA) is 78.2 Å². The number of imidazole rings is 1. The number of nitrogens with one attached hydrogen (secondary N) is 1. The van der Waals surface area contributed by atoms with Crippen molar-refractivity contribution in [2.45, 2.75) is 19.3 Å². The highest BCUT2D eigenvalue weighted by atomic mass is 14.9. The highest BCUT2D eigenvalue weighted by Crippen LogP contribution is 2.24. The van der Waals surface area contributed by atoms with Crippen LogP contribution in [0.5, 0.6) is 0 Å². The van der Waals surface area contributed by atoms with Crippen molar-refractivity contribution in [1.82, 2.24) is 19.9 Å². The number of aromatic nitrogens is 4. The number of nitrogens with zero attached hydrogens (tertiary/aromatic N) is 4. The van der Waals surface area contributed by atoms with Gasteiger partial charge in [-0.2, -0.15) is 5.26 Å². The molecule has 5 heteroatoms. The average Bonchev–Trinajstić information content (AvgIpc) is 2.94. The van der Waals surface area contributed by atoms with Crippen LogP contribution < -0.4 is 0 Å². The fourth-order valence-corrected chi connectivity index (χ4v) is 1.97. The smallest absolute Gasteiger partial charge is 0.148 e. The molecule has 5 nitrogen and oxygen atoms in total. The molecule has 0 fully saturated rings. The SMILES string of the molecule is CC(C)(C#N)c1nccc(-c2ccc3nc[nH]c3c2)n1. The minimum absolute atomic E-state index is 0.530. The molecule has 3 aromatic rings. The molecular weight excluding hydrogens is 250 g/mol. The molecule has 0 aliphatic heterocycles. The Bertz CT molecular complexity index is 810. The first kappa shape index (κ1) is 12.3. The van der Waals surface area contributed by atoms with Gasteiger partial charge in [-0.1, -0.05) is 6.07 Å². The normalized spacial score (nSPS) is 11.4. The van der Waals surface area contributed by atoms with Gasteiger partial charge in [0.25, 0.3) is 0 Å². The fourth-order valence-electron chi connectivity index (χ4n) is 1.97. The molecule has 0 saturated carbocycles. The molecule has 0 unspecified atom stereocenters. The third kappa shape index (κ3) is 2.01. The largest absolute Gasteiger partial charge is 0.345 e. The van der Waals surface area contributed by atoms with E-state index in [1.807, 2.05) is 38.1 Å². The zero-order valence-corrected chi connectivity index (χ0v) is 11.3. The second kappa shape index (κ2) is 4.42. The summed E-state index contributed by atoms with van der Waals surface area (Å²) in [6.07, 6.45) is 3.35. The lowest BCUT2D eigenvalue weighted by Gasteiger charge is -2.13. The molecule has 2 heterocycles. The summed E-state index contributed by atoms with van der Waals surface area (Å²) in [7, 11) is 0. The molecule has 0 spiro atoms. The van der Waals surface area contributed by atoms with Gasteiger partial charge in [-0.15, -0.1) is 0 Å². The lowest BCUT2D eigenvalue weighted by atomic mass is 9.94. The summed E-state index contributed by atoms with van der Waals surface area (Å²) in [6.45, 7) is 3.62. The van der Waals surface area contributed by atoms with Gasteiger partial charge in [-0.05, 0) is 32.0 Å². The van der Waals surface area contributed by atoms with Crippen LogP contribution in [-0.2, 0) is 5.41 Å². The Kier molecular flexibility index (Phi) is 2.72. The second-order valence-electron chi connectivity index (χ2n) is 5.14. The van der Waals surface area contributed by atoms with Gasteiger partial charge < -0.3 is 4.98 Å². The zero-order chi connectivity index (χ0) is 14.2. The zero-order valence-electron chi connectivity index (χ0n) is 11.3. The van der Waals surface area contributed by atoms with Crippen LogP contribution in [0.3, 0.4) is 0 Å². The van der Waals surface area contributed by atoms with E-state index in [0.717, 1.165) is 22.3 Å². The maximum Gasteiger partial charge on any atom is 0.148 e. The number of nitriles is 1. The van der Waals surface area contributed by atoms with Crippen LogP contribution in [0.2, 0.25) is 0 Å². The van der Waals surface area contributed by atoms with Crippen LogP contribution in [0.25, 0.3) is 22.3 Å². The van der Waals surface area contributed by atoms with Gasteiger partial charge in [0.15, 0.2) is 0 Å². The van der Waals surface area contributed by atoms with E-state index in [4.69, 9.17) is 0 Å². The summed E-state index contributed by atoms with van der Waals surface area (Å²) in [6, 6.07) is 9.97. The third-order valence-corrected chi connectivity index (χ3v) is 3.21. The Morgan fingerprint density at radius 2 is 2.05 bits per heavy atom. The molecule has 2 aromatic heterocycles. The summed E-state index contributed by atoms with van der Waals surface area (Å²) in [5.41, 5.74) is 2.95. The third-order valence-electron chi connectivity index (χ3n) is 3.21. The number of hydrogen-bond donors (Lipinski definition) is 1. The number of aromatic amines is 1. The predicted octanol–water partition coefficient (Wildman–Crippen LogP) is 2.82. The molecule has 0 bridgehead atoms. The van der Waals surface area contributed by atoms with E-state index in [-0.39, 0.29) is 0 Å². The van der Waals surface area contributed by atoms with E-state index in [1.54, 1.807) is 12.5 Å². The molecule has 20 heavy (non-hydrogen) atoms. The van der Waals surface area contributed by atoms with Crippen molar-refractivity contribution in [2.75, 3.05) is 0 Å². The number of benzene rings is 1. The van der Waals surface area contributed by atoms with Crippen molar-refractivity contribution in [1.29, 1.82) is 5.26 Å². The highest BCUT2D eigenvalue weighted by molar-refractivity contribution is 5.80. The molecule has 98 valence electrons. The molecule has 0 aliphatic rings. The number of hydrogen-bond acceptors (Lipinski definition) is 4. The number of rotatable bonds is 2. The summed E-state index contributed by atoms with van der Waals surface area (Å²) in [5, 5.41) is 9.18. The Hall–Kier alpha value is -2.74. The molecule has 0 radical (unpaired) electrons. The van der Waals surface area contributed by atoms with Gasteiger partial charge in [0.2, 0.25) is 0 Å². The molecule has 0 amide bonds. The molecule has 1 N–H and O–H groups in total. The van der Waals surface area contributed by atoms with Crippen molar-refractivity contribution in [2.24, 2.45) is 0 Å². The molecule has 3 rings (SSSR count). The van der Waals surface area contributed by atoms with Gasteiger partial charge in [-0.3, -0.25) is 0 Å². The first-order chi connectivity index (χ1) is 9.60. The standard InChI is InChI=1S/C15H13N5/c1-15(2,8-16)14-17-6-5-11(20-14)10-3-4-12-13(7-10)19-9-18-12/h3-7,9H,1-2H3,(H,18,19). The summed E-state index contributed by atoms with van der Waals surface area (Å²) in [5.74, 6) is 0.530. The monoisotopic (exact) mass is 263 g/mol. The Morgan fingerprint density at radius 1 is 1.20 bits per heavy atom. The first-order valence-corrected chi connectivity index (χ1v) is 6.28. The van der Waals surface area contributed by atoms with E-state index in [1.165, 1.54) is 0 Å². The molecule has 0 aliphatic carbocycles. The second-order valence-corrected chi connectivity index (χ2v) is 5.14. The van der Waals surface area contributed by atoms with Gasteiger partial charge in [0, 0.05) is 11.8 Å². The Balaban J connectivity index is 2.10. The fraction of sp³-hybridized carbons (Fsp3) is 0.200. The lowest BCUT2D eigenvalue weighted by Crippen LogP contribution is -2.18. The van der Waals surface area contributed by atoms with Gasteiger partial charge in [0.1, 0.15) is 11.2 Å². The molecule has 0 atom stereocenters. The van der Waals surface area contributed by atoms with E-state index in [9.17, 15) is 5.26 Å². The average molecular weight is 263 g/mol. The van der Waals surface area contributed by atoms with Crippen molar-refractivity contribution < 1.29 is 0 Å². The minimum Gasteiger partial charge on any atom is -0.345 e. The summed E-state index contributed by atoms with van der Waals surface area (Å²) < 4.78 is 0. The first-order valence-electron chi connectivity index (χ1n) is 6.28. The van der Waals surface area contributed by atoms with Crippen LogP contribution >= 0.6 is 0 Å². The maximum absolute atomic E-state index is 9.18. The van der Waals surface area contributed by atoms with Crippen LogP contribution in [0, 0.1) is 11.3 Å².